The first-order chi connectivity index (χ1) is 29.7. The van der Waals surface area contributed by atoms with Gasteiger partial charge in [0.25, 0.3) is 0 Å². The van der Waals surface area contributed by atoms with Crippen molar-refractivity contribution in [2.24, 2.45) is 28.6 Å². The molecule has 0 N–H and O–H groups in total. The van der Waals surface area contributed by atoms with Crippen LogP contribution < -0.4 is 15.3 Å². The molecule has 0 radical (unpaired) electrons. The van der Waals surface area contributed by atoms with Gasteiger partial charge in [0.15, 0.2) is 0 Å². The van der Waals surface area contributed by atoms with E-state index in [1.807, 2.05) is 0 Å². The predicted octanol–water partition coefficient (Wildman–Crippen LogP) is 15.8. The highest BCUT2D eigenvalue weighted by atomic mass is 15.2. The van der Waals surface area contributed by atoms with Crippen LogP contribution in [0.3, 0.4) is 0 Å². The summed E-state index contributed by atoms with van der Waals surface area (Å²) in [7, 11) is 0. The van der Waals surface area contributed by atoms with Gasteiger partial charge in [-0.15, -0.1) is 0 Å². The molecule has 5 atom stereocenters. The zero-order valence-electron chi connectivity index (χ0n) is 41.6. The molecule has 0 spiro atoms. The van der Waals surface area contributed by atoms with Crippen LogP contribution in [0.1, 0.15) is 171 Å². The van der Waals surface area contributed by atoms with Gasteiger partial charge in [-0.25, -0.2) is 0 Å². The molecular formula is C60H79BN2. The fourth-order valence-electron chi connectivity index (χ4n) is 12.7. The summed E-state index contributed by atoms with van der Waals surface area (Å²) >= 11 is 0. The van der Waals surface area contributed by atoms with Crippen LogP contribution in [0.15, 0.2) is 125 Å². The number of anilines is 3. The van der Waals surface area contributed by atoms with E-state index in [0.29, 0.717) is 23.8 Å². The van der Waals surface area contributed by atoms with Gasteiger partial charge in [0.2, 0.25) is 6.71 Å². The molecule has 0 aromatic heterocycles. The van der Waals surface area contributed by atoms with Gasteiger partial charge in [-0.3, -0.25) is 0 Å². The van der Waals surface area contributed by atoms with Crippen LogP contribution in [0, 0.1) is 28.6 Å². The van der Waals surface area contributed by atoms with Crippen LogP contribution >= 0.6 is 0 Å². The number of hydrogen-bond acceptors (Lipinski definition) is 2. The van der Waals surface area contributed by atoms with Gasteiger partial charge in [0, 0.05) is 34.5 Å². The molecule has 6 aliphatic rings. The molecular weight excluding hydrogens is 759 g/mol. The number of hydrogen-bond donors (Lipinski definition) is 0. The largest absolute Gasteiger partial charge is 0.339 e. The Morgan fingerprint density at radius 3 is 1.95 bits per heavy atom. The minimum atomic E-state index is 0.0196. The topological polar surface area (TPSA) is 6.48 Å². The van der Waals surface area contributed by atoms with E-state index in [1.54, 1.807) is 22.2 Å². The molecule has 3 aromatic carbocycles. The quantitative estimate of drug-likeness (QED) is 0.187. The van der Waals surface area contributed by atoms with E-state index < -0.39 is 0 Å². The van der Waals surface area contributed by atoms with Crippen LogP contribution in [-0.4, -0.2) is 12.8 Å². The fraction of sp³-hybridized carbons (Fsp3) is 0.533. The monoisotopic (exact) mass is 839 g/mol. The summed E-state index contributed by atoms with van der Waals surface area (Å²) < 4.78 is 0. The average Bonchev–Trinajstić information content (AvgIpc) is 3.25. The number of benzene rings is 3. The summed E-state index contributed by atoms with van der Waals surface area (Å²) in [6.45, 7) is 31.7. The van der Waals surface area contributed by atoms with E-state index in [-0.39, 0.29) is 33.8 Å². The molecule has 0 saturated carbocycles. The first-order valence-electron chi connectivity index (χ1n) is 25.1. The number of nitrogens with zero attached hydrogens (tertiary/aromatic N) is 2. The Morgan fingerprint density at radius 1 is 0.619 bits per heavy atom. The predicted molar refractivity (Wildman–Crippen MR) is 274 cm³/mol. The maximum Gasteiger partial charge on any atom is 0.246 e. The zero-order chi connectivity index (χ0) is 44.9. The van der Waals surface area contributed by atoms with Gasteiger partial charge in [0.1, 0.15) is 0 Å². The average molecular weight is 839 g/mol. The smallest absolute Gasteiger partial charge is 0.246 e. The Bertz CT molecular complexity index is 2390. The van der Waals surface area contributed by atoms with E-state index in [0.717, 1.165) is 6.42 Å². The van der Waals surface area contributed by atoms with Gasteiger partial charge in [-0.2, -0.15) is 0 Å². The van der Waals surface area contributed by atoms with Crippen molar-refractivity contribution in [3.05, 3.63) is 142 Å². The van der Waals surface area contributed by atoms with Gasteiger partial charge in [-0.1, -0.05) is 168 Å². The van der Waals surface area contributed by atoms with Crippen LogP contribution in [-0.2, 0) is 16.2 Å². The van der Waals surface area contributed by atoms with Gasteiger partial charge >= 0.3 is 0 Å². The molecule has 2 aliphatic heterocycles. The van der Waals surface area contributed by atoms with E-state index in [9.17, 15) is 0 Å². The third kappa shape index (κ3) is 7.88. The van der Waals surface area contributed by atoms with Crippen molar-refractivity contribution >= 4 is 29.2 Å². The normalized spacial score (nSPS) is 25.1. The number of fused-ring (bicyclic) bond motifs is 4. The van der Waals surface area contributed by atoms with Crippen molar-refractivity contribution in [2.45, 2.75) is 177 Å². The molecule has 3 heteroatoms. The Balaban J connectivity index is 1.38. The Morgan fingerprint density at radius 2 is 1.32 bits per heavy atom. The van der Waals surface area contributed by atoms with Crippen molar-refractivity contribution in [2.75, 3.05) is 9.80 Å². The second kappa shape index (κ2) is 15.9. The van der Waals surface area contributed by atoms with Gasteiger partial charge in [0.05, 0.1) is 0 Å². The minimum Gasteiger partial charge on any atom is -0.339 e. The second-order valence-electron chi connectivity index (χ2n) is 25.0. The highest BCUT2D eigenvalue weighted by molar-refractivity contribution is 6.89. The van der Waals surface area contributed by atoms with Crippen LogP contribution in [0.4, 0.5) is 17.1 Å². The summed E-state index contributed by atoms with van der Waals surface area (Å²) in [6, 6.07) is 27.4. The van der Waals surface area contributed by atoms with Crippen molar-refractivity contribution < 1.29 is 0 Å². The van der Waals surface area contributed by atoms with E-state index in [2.05, 4.69) is 197 Å². The number of rotatable bonds is 5. The Kier molecular flexibility index (Phi) is 11.1. The maximum atomic E-state index is 2.91. The lowest BCUT2D eigenvalue weighted by molar-refractivity contribution is 0.144. The van der Waals surface area contributed by atoms with E-state index in [4.69, 9.17) is 0 Å². The molecule has 3 aromatic rings. The van der Waals surface area contributed by atoms with E-state index in [1.165, 1.54) is 103 Å². The molecule has 9 rings (SSSR count). The summed E-state index contributed by atoms with van der Waals surface area (Å²) in [5.41, 5.74) is 18.1. The van der Waals surface area contributed by atoms with Crippen molar-refractivity contribution in [1.82, 2.24) is 0 Å². The maximum absolute atomic E-state index is 2.91. The molecule has 4 aliphatic carbocycles. The second-order valence-corrected chi connectivity index (χ2v) is 25.0. The standard InChI is InChI=1S/C60H79BN2/c1-56(2,3)40-27-31-47(32-28-40)62-51-34-30-44(58(7,8)9)36-50(51)61-49-33-29-45(59(10,11)12)37-52(49)63(48-26-20-25-43(35-48)57(4,5)6)54-39-46(38-53(62)55(54)61)60(13,41-21-16-14-17-22-41)42-23-18-15-19-24-42/h14,16,20,23,25-29,31-33,35-37,39,41,44,46,51H,15,17-19,21-22,24,30,34,38H2,1-13H3. The fourth-order valence-corrected chi connectivity index (χ4v) is 12.7. The molecule has 0 bridgehead atoms. The summed E-state index contributed by atoms with van der Waals surface area (Å²) in [4.78, 5) is 5.68. The molecule has 0 saturated heterocycles. The Labute approximate surface area is 384 Å². The molecule has 2 heterocycles. The third-order valence-corrected chi connectivity index (χ3v) is 16.8. The van der Waals surface area contributed by atoms with Gasteiger partial charge < -0.3 is 9.80 Å². The molecule has 0 amide bonds. The molecule has 332 valence electrons. The van der Waals surface area contributed by atoms with Crippen molar-refractivity contribution in [3.8, 4) is 0 Å². The van der Waals surface area contributed by atoms with Crippen LogP contribution in [0.5, 0.6) is 0 Å². The zero-order valence-corrected chi connectivity index (χ0v) is 41.6. The first kappa shape index (κ1) is 44.2. The lowest BCUT2D eigenvalue weighted by Gasteiger charge is -2.56. The SMILES string of the molecule is CC(C)(C)c1ccc(N2C3=C4B(C5=CC(C(C)(C)C)CCC52)c2ccc(C(C)(C)C)cc2N(c2cccc(C(C)(C)C)c2)C4=CC(C(C)(C2=CCCCC2)C2CC=CCC2)C3)cc1. The molecule has 2 nitrogen and oxygen atoms in total. The molecule has 0 fully saturated rings. The summed E-state index contributed by atoms with van der Waals surface area (Å²) in [5.74, 6) is 1.51. The van der Waals surface area contributed by atoms with Crippen molar-refractivity contribution in [3.63, 3.8) is 0 Å². The summed E-state index contributed by atoms with van der Waals surface area (Å²) in [6.07, 6.45) is 25.6. The third-order valence-electron chi connectivity index (χ3n) is 16.8. The highest BCUT2D eigenvalue weighted by Gasteiger charge is 2.54. The van der Waals surface area contributed by atoms with Crippen LogP contribution in [0.25, 0.3) is 0 Å². The van der Waals surface area contributed by atoms with Crippen LogP contribution in [0.2, 0.25) is 0 Å². The summed E-state index contributed by atoms with van der Waals surface area (Å²) in [5, 5.41) is 0. The number of allylic oxidation sites excluding steroid dienone is 8. The molecule has 5 unspecified atom stereocenters. The van der Waals surface area contributed by atoms with Gasteiger partial charge in [-0.05, 0) is 167 Å². The highest BCUT2D eigenvalue weighted by Crippen LogP contribution is 2.59. The minimum absolute atomic E-state index is 0.0196. The lowest BCUT2D eigenvalue weighted by atomic mass is 9.29. The first-order valence-corrected chi connectivity index (χ1v) is 25.1. The van der Waals surface area contributed by atoms with Crippen molar-refractivity contribution in [1.29, 1.82) is 0 Å². The lowest BCUT2D eigenvalue weighted by Crippen LogP contribution is -2.59. The Hall–Kier alpha value is -3.98. The van der Waals surface area contributed by atoms with E-state index >= 15 is 0 Å². The molecule has 63 heavy (non-hydrogen) atoms.